The summed E-state index contributed by atoms with van der Waals surface area (Å²) >= 11 is 0. The van der Waals surface area contributed by atoms with Gasteiger partial charge in [0, 0.05) is 18.6 Å². The number of carboxylic acid groups (broad SMARTS) is 1. The fourth-order valence-corrected chi connectivity index (χ4v) is 3.59. The zero-order chi connectivity index (χ0) is 16.2. The van der Waals surface area contributed by atoms with E-state index in [0.717, 1.165) is 18.4 Å². The summed E-state index contributed by atoms with van der Waals surface area (Å²) in [5.41, 5.74) is 1.14. The summed E-state index contributed by atoms with van der Waals surface area (Å²) in [5.74, 6) is -1.30. The molecule has 3 rings (SSSR count). The zero-order valence-corrected chi connectivity index (χ0v) is 13.1. The number of hydrogen-bond acceptors (Lipinski definition) is 3. The average molecular weight is 317 g/mol. The molecule has 0 bridgehead atoms. The molecule has 5 heteroatoms. The maximum atomic E-state index is 12.4. The van der Waals surface area contributed by atoms with Gasteiger partial charge in [0.05, 0.1) is 12.0 Å². The number of amides is 1. The first-order valence-electron chi connectivity index (χ1n) is 8.33. The van der Waals surface area contributed by atoms with Gasteiger partial charge in [-0.25, -0.2) is 0 Å². The summed E-state index contributed by atoms with van der Waals surface area (Å²) < 4.78 is 5.82. The number of benzene rings is 1. The number of hydrogen-bond donors (Lipinski definition) is 2. The SMILES string of the molecule is O=C(O)[C@@H]1CC[C@H](C(=O)NC2CCOC(c3ccccc3)C2)C1. The summed E-state index contributed by atoms with van der Waals surface area (Å²) in [5, 5.41) is 12.2. The van der Waals surface area contributed by atoms with E-state index >= 15 is 0 Å². The van der Waals surface area contributed by atoms with Crippen LogP contribution in [0.1, 0.15) is 43.8 Å². The monoisotopic (exact) mass is 317 g/mol. The van der Waals surface area contributed by atoms with Crippen molar-refractivity contribution >= 4 is 11.9 Å². The van der Waals surface area contributed by atoms with Crippen molar-refractivity contribution in [2.45, 2.75) is 44.2 Å². The van der Waals surface area contributed by atoms with Crippen LogP contribution in [0.3, 0.4) is 0 Å². The molecular formula is C18H23NO4. The Labute approximate surface area is 136 Å². The van der Waals surface area contributed by atoms with Crippen LogP contribution in [-0.2, 0) is 14.3 Å². The highest BCUT2D eigenvalue weighted by Crippen LogP contribution is 2.32. The molecule has 2 N–H and O–H groups in total. The molecule has 1 aliphatic heterocycles. The van der Waals surface area contributed by atoms with E-state index in [1.807, 2.05) is 30.3 Å². The van der Waals surface area contributed by atoms with Gasteiger partial charge in [-0.15, -0.1) is 0 Å². The first-order valence-corrected chi connectivity index (χ1v) is 8.33. The van der Waals surface area contributed by atoms with E-state index < -0.39 is 5.97 Å². The van der Waals surface area contributed by atoms with E-state index in [4.69, 9.17) is 9.84 Å². The highest BCUT2D eigenvalue weighted by molar-refractivity contribution is 5.81. The molecule has 1 amide bonds. The summed E-state index contributed by atoms with van der Waals surface area (Å²) in [7, 11) is 0. The van der Waals surface area contributed by atoms with Crippen molar-refractivity contribution in [3.05, 3.63) is 35.9 Å². The number of nitrogens with one attached hydrogen (secondary N) is 1. The molecule has 23 heavy (non-hydrogen) atoms. The predicted molar refractivity (Wildman–Crippen MR) is 84.8 cm³/mol. The molecule has 1 aliphatic carbocycles. The summed E-state index contributed by atoms with van der Waals surface area (Å²) in [6.07, 6.45) is 3.34. The second kappa shape index (κ2) is 7.13. The Morgan fingerprint density at radius 3 is 2.48 bits per heavy atom. The molecule has 0 radical (unpaired) electrons. The van der Waals surface area contributed by atoms with Crippen LogP contribution in [0.15, 0.2) is 30.3 Å². The van der Waals surface area contributed by atoms with Gasteiger partial charge < -0.3 is 15.2 Å². The maximum Gasteiger partial charge on any atom is 0.306 e. The van der Waals surface area contributed by atoms with Crippen molar-refractivity contribution in [3.63, 3.8) is 0 Å². The molecule has 1 aromatic rings. The number of carbonyl (C=O) groups excluding carboxylic acids is 1. The predicted octanol–water partition coefficient (Wildman–Crippen LogP) is 2.52. The fraction of sp³-hybridized carbons (Fsp3) is 0.556. The summed E-state index contributed by atoms with van der Waals surface area (Å²) in [6, 6.07) is 10.2. The van der Waals surface area contributed by atoms with Gasteiger partial charge in [-0.3, -0.25) is 9.59 Å². The second-order valence-corrected chi connectivity index (χ2v) is 6.55. The minimum atomic E-state index is -0.782. The highest BCUT2D eigenvalue weighted by Gasteiger charge is 2.35. The van der Waals surface area contributed by atoms with Gasteiger partial charge in [0.2, 0.25) is 5.91 Å². The molecule has 2 fully saturated rings. The lowest BCUT2D eigenvalue weighted by Gasteiger charge is -2.31. The van der Waals surface area contributed by atoms with Crippen LogP contribution < -0.4 is 5.32 Å². The van der Waals surface area contributed by atoms with Crippen LogP contribution in [0.25, 0.3) is 0 Å². The lowest BCUT2D eigenvalue weighted by Crippen LogP contribution is -2.42. The van der Waals surface area contributed by atoms with E-state index in [9.17, 15) is 9.59 Å². The molecule has 5 nitrogen and oxygen atoms in total. The van der Waals surface area contributed by atoms with Crippen LogP contribution in [0, 0.1) is 11.8 Å². The molecule has 124 valence electrons. The average Bonchev–Trinajstić information content (AvgIpc) is 3.06. The molecule has 0 spiro atoms. The standard InChI is InChI=1S/C18H23NO4/c20-17(13-6-7-14(10-13)18(21)22)19-15-8-9-23-16(11-15)12-4-2-1-3-5-12/h1-5,13-16H,6-11H2,(H,19,20)(H,21,22)/t13-,14+,15?,16?/m0/s1. The van der Waals surface area contributed by atoms with E-state index in [0.29, 0.717) is 25.9 Å². The van der Waals surface area contributed by atoms with Crippen molar-refractivity contribution in [1.29, 1.82) is 0 Å². The Kier molecular flexibility index (Phi) is 4.96. The van der Waals surface area contributed by atoms with Crippen molar-refractivity contribution in [1.82, 2.24) is 5.32 Å². The first-order chi connectivity index (χ1) is 11.1. The lowest BCUT2D eigenvalue weighted by molar-refractivity contribution is -0.141. The largest absolute Gasteiger partial charge is 0.481 e. The molecule has 1 saturated heterocycles. The van der Waals surface area contributed by atoms with Crippen LogP contribution >= 0.6 is 0 Å². The third-order valence-corrected chi connectivity index (χ3v) is 4.95. The second-order valence-electron chi connectivity index (χ2n) is 6.55. The van der Waals surface area contributed by atoms with Gasteiger partial charge in [0.25, 0.3) is 0 Å². The van der Waals surface area contributed by atoms with Crippen LogP contribution in [-0.4, -0.2) is 29.6 Å². The van der Waals surface area contributed by atoms with Gasteiger partial charge >= 0.3 is 5.97 Å². The topological polar surface area (TPSA) is 75.6 Å². The fourth-order valence-electron chi connectivity index (χ4n) is 3.59. The molecule has 1 heterocycles. The lowest BCUT2D eigenvalue weighted by atomic mass is 9.96. The van der Waals surface area contributed by atoms with Crippen LogP contribution in [0.5, 0.6) is 0 Å². The molecule has 1 saturated carbocycles. The van der Waals surface area contributed by atoms with Crippen molar-refractivity contribution < 1.29 is 19.4 Å². The van der Waals surface area contributed by atoms with Gasteiger partial charge in [-0.1, -0.05) is 30.3 Å². The number of aliphatic carboxylic acids is 1. The van der Waals surface area contributed by atoms with Gasteiger partial charge in [0.15, 0.2) is 0 Å². The third kappa shape index (κ3) is 3.91. The third-order valence-electron chi connectivity index (χ3n) is 4.95. The van der Waals surface area contributed by atoms with E-state index in [1.165, 1.54) is 0 Å². The zero-order valence-electron chi connectivity index (χ0n) is 13.1. The Hall–Kier alpha value is -1.88. The Morgan fingerprint density at radius 2 is 1.78 bits per heavy atom. The van der Waals surface area contributed by atoms with E-state index in [2.05, 4.69) is 5.32 Å². The minimum Gasteiger partial charge on any atom is -0.481 e. The Morgan fingerprint density at radius 1 is 1.04 bits per heavy atom. The molecule has 2 unspecified atom stereocenters. The molecular weight excluding hydrogens is 294 g/mol. The Bertz CT molecular complexity index is 559. The smallest absolute Gasteiger partial charge is 0.306 e. The van der Waals surface area contributed by atoms with Gasteiger partial charge in [0.1, 0.15) is 0 Å². The maximum absolute atomic E-state index is 12.4. The first kappa shape index (κ1) is 16.0. The van der Waals surface area contributed by atoms with E-state index in [-0.39, 0.29) is 29.9 Å². The number of carboxylic acids is 1. The number of rotatable bonds is 4. The van der Waals surface area contributed by atoms with Crippen molar-refractivity contribution in [2.75, 3.05) is 6.61 Å². The normalized spacial score (nSPS) is 30.8. The van der Waals surface area contributed by atoms with Gasteiger partial charge in [-0.2, -0.15) is 0 Å². The number of carbonyl (C=O) groups is 2. The quantitative estimate of drug-likeness (QED) is 0.895. The molecule has 1 aromatic carbocycles. The number of ether oxygens (including phenoxy) is 1. The Balaban J connectivity index is 1.54. The molecule has 2 aliphatic rings. The minimum absolute atomic E-state index is 0.00691. The highest BCUT2D eigenvalue weighted by atomic mass is 16.5. The molecule has 0 aromatic heterocycles. The van der Waals surface area contributed by atoms with E-state index in [1.54, 1.807) is 0 Å². The van der Waals surface area contributed by atoms with Gasteiger partial charge in [-0.05, 0) is 37.7 Å². The summed E-state index contributed by atoms with van der Waals surface area (Å²) in [4.78, 5) is 23.4. The van der Waals surface area contributed by atoms with Crippen molar-refractivity contribution in [2.24, 2.45) is 11.8 Å². The van der Waals surface area contributed by atoms with Crippen molar-refractivity contribution in [3.8, 4) is 0 Å². The van der Waals surface area contributed by atoms with Crippen LogP contribution in [0.4, 0.5) is 0 Å². The summed E-state index contributed by atoms with van der Waals surface area (Å²) in [6.45, 7) is 0.632. The molecule has 4 atom stereocenters. The van der Waals surface area contributed by atoms with Crippen LogP contribution in [0.2, 0.25) is 0 Å².